The summed E-state index contributed by atoms with van der Waals surface area (Å²) in [7, 11) is 0. The van der Waals surface area contributed by atoms with Crippen molar-refractivity contribution in [2.45, 2.75) is 57.7 Å². The number of imidazole rings is 1. The maximum absolute atomic E-state index is 13.5. The second-order valence-corrected chi connectivity index (χ2v) is 7.88. The molecular formula is C24H29N3O2. The highest BCUT2D eigenvalue weighted by Crippen LogP contribution is 2.25. The molecule has 0 bridgehead atoms. The molecule has 0 atom stereocenters. The van der Waals surface area contributed by atoms with Crippen molar-refractivity contribution in [1.82, 2.24) is 14.5 Å². The topological polar surface area (TPSA) is 58.4 Å². The number of carbonyl (C=O) groups is 1. The SMILES string of the molecule is O=C(Cn1c(CCO)nc2ccccc21)N(Cc1ccccc1)C1CCCCC1. The van der Waals surface area contributed by atoms with Crippen molar-refractivity contribution in [3.63, 3.8) is 0 Å². The zero-order valence-corrected chi connectivity index (χ0v) is 16.8. The minimum Gasteiger partial charge on any atom is -0.396 e. The van der Waals surface area contributed by atoms with Gasteiger partial charge in [0, 0.05) is 19.0 Å². The Balaban J connectivity index is 1.62. The van der Waals surface area contributed by atoms with Gasteiger partial charge in [0.15, 0.2) is 0 Å². The lowest BCUT2D eigenvalue weighted by atomic mass is 9.93. The Bertz CT molecular complexity index is 945. The Hall–Kier alpha value is -2.66. The molecule has 1 fully saturated rings. The number of rotatable bonds is 7. The first kappa shape index (κ1) is 19.6. The molecule has 0 unspecified atom stereocenters. The van der Waals surface area contributed by atoms with Crippen LogP contribution in [0.25, 0.3) is 11.0 Å². The number of para-hydroxylation sites is 2. The number of amides is 1. The highest BCUT2D eigenvalue weighted by Gasteiger charge is 2.26. The van der Waals surface area contributed by atoms with Crippen molar-refractivity contribution in [2.24, 2.45) is 0 Å². The minimum absolute atomic E-state index is 0.0217. The predicted octanol–water partition coefficient (Wildman–Crippen LogP) is 3.93. The molecule has 4 rings (SSSR count). The van der Waals surface area contributed by atoms with Crippen LogP contribution in [0.15, 0.2) is 54.6 Å². The van der Waals surface area contributed by atoms with Crippen LogP contribution in [0.5, 0.6) is 0 Å². The number of hydrogen-bond donors (Lipinski definition) is 1. The molecule has 1 amide bonds. The number of fused-ring (bicyclic) bond motifs is 1. The van der Waals surface area contributed by atoms with Gasteiger partial charge in [-0.3, -0.25) is 4.79 Å². The van der Waals surface area contributed by atoms with Gasteiger partial charge < -0.3 is 14.6 Å². The highest BCUT2D eigenvalue weighted by molar-refractivity contribution is 5.81. The van der Waals surface area contributed by atoms with Crippen LogP contribution in [0.2, 0.25) is 0 Å². The van der Waals surface area contributed by atoms with Crippen molar-refractivity contribution in [2.75, 3.05) is 6.61 Å². The quantitative estimate of drug-likeness (QED) is 0.664. The van der Waals surface area contributed by atoms with Crippen LogP contribution in [0, 0.1) is 0 Å². The van der Waals surface area contributed by atoms with Gasteiger partial charge in [-0.25, -0.2) is 4.98 Å². The summed E-state index contributed by atoms with van der Waals surface area (Å²) in [5.74, 6) is 0.897. The highest BCUT2D eigenvalue weighted by atomic mass is 16.3. The van der Waals surface area contributed by atoms with Crippen LogP contribution in [0.3, 0.4) is 0 Å². The Morgan fingerprint density at radius 3 is 2.52 bits per heavy atom. The lowest BCUT2D eigenvalue weighted by Crippen LogP contribution is -2.42. The summed E-state index contributed by atoms with van der Waals surface area (Å²) in [6, 6.07) is 18.4. The van der Waals surface area contributed by atoms with E-state index in [2.05, 4.69) is 22.0 Å². The van der Waals surface area contributed by atoms with Crippen LogP contribution in [-0.4, -0.2) is 38.1 Å². The fraction of sp³-hybridized carbons (Fsp3) is 0.417. The fourth-order valence-corrected chi connectivity index (χ4v) is 4.41. The number of carbonyl (C=O) groups excluding carboxylic acids is 1. The second kappa shape index (κ2) is 9.23. The first-order valence-electron chi connectivity index (χ1n) is 10.6. The zero-order valence-electron chi connectivity index (χ0n) is 16.8. The summed E-state index contributed by atoms with van der Waals surface area (Å²) in [5.41, 5.74) is 2.99. The molecule has 1 aliphatic carbocycles. The van der Waals surface area contributed by atoms with E-state index in [1.807, 2.05) is 47.0 Å². The van der Waals surface area contributed by atoms with E-state index in [1.54, 1.807) is 0 Å². The average Bonchev–Trinajstić information content (AvgIpc) is 3.11. The third-order valence-corrected chi connectivity index (χ3v) is 5.89. The molecular weight excluding hydrogens is 362 g/mol. The predicted molar refractivity (Wildman–Crippen MR) is 114 cm³/mol. The Labute approximate surface area is 172 Å². The molecule has 5 heteroatoms. The van der Waals surface area contributed by atoms with Crippen LogP contribution < -0.4 is 0 Å². The van der Waals surface area contributed by atoms with Gasteiger partial charge in [-0.15, -0.1) is 0 Å². The molecule has 0 aliphatic heterocycles. The molecule has 1 N–H and O–H groups in total. The monoisotopic (exact) mass is 391 g/mol. The van der Waals surface area contributed by atoms with Gasteiger partial charge in [-0.05, 0) is 30.5 Å². The lowest BCUT2D eigenvalue weighted by Gasteiger charge is -2.35. The van der Waals surface area contributed by atoms with E-state index in [4.69, 9.17) is 0 Å². The van der Waals surface area contributed by atoms with Crippen LogP contribution in [0.4, 0.5) is 0 Å². The van der Waals surface area contributed by atoms with Gasteiger partial charge in [0.1, 0.15) is 12.4 Å². The van der Waals surface area contributed by atoms with Gasteiger partial charge in [0.05, 0.1) is 17.6 Å². The van der Waals surface area contributed by atoms with Gasteiger partial charge in [-0.2, -0.15) is 0 Å². The minimum atomic E-state index is 0.0217. The number of nitrogens with zero attached hydrogens (tertiary/aromatic N) is 3. The summed E-state index contributed by atoms with van der Waals surface area (Å²) in [6.07, 6.45) is 6.24. The molecule has 0 spiro atoms. The largest absolute Gasteiger partial charge is 0.396 e. The van der Waals surface area contributed by atoms with E-state index >= 15 is 0 Å². The summed E-state index contributed by atoms with van der Waals surface area (Å²) < 4.78 is 1.98. The molecule has 3 aromatic rings. The van der Waals surface area contributed by atoms with Crippen molar-refractivity contribution in [3.05, 3.63) is 66.0 Å². The third kappa shape index (κ3) is 4.51. The molecule has 1 aromatic heterocycles. The summed E-state index contributed by atoms with van der Waals surface area (Å²) >= 11 is 0. The summed E-state index contributed by atoms with van der Waals surface area (Å²) in [4.78, 5) is 20.2. The van der Waals surface area contributed by atoms with E-state index < -0.39 is 0 Å². The average molecular weight is 392 g/mol. The number of aliphatic hydroxyl groups excluding tert-OH is 1. The molecule has 0 saturated heterocycles. The van der Waals surface area contributed by atoms with Crippen molar-refractivity contribution in [3.8, 4) is 0 Å². The van der Waals surface area contributed by atoms with Crippen LogP contribution in [-0.2, 0) is 24.3 Å². The van der Waals surface area contributed by atoms with Crippen molar-refractivity contribution < 1.29 is 9.90 Å². The molecule has 29 heavy (non-hydrogen) atoms. The van der Waals surface area contributed by atoms with Crippen molar-refractivity contribution >= 4 is 16.9 Å². The molecule has 152 valence electrons. The van der Waals surface area contributed by atoms with Crippen molar-refractivity contribution in [1.29, 1.82) is 0 Å². The molecule has 5 nitrogen and oxygen atoms in total. The summed E-state index contributed by atoms with van der Waals surface area (Å²) in [6.45, 7) is 0.930. The summed E-state index contributed by atoms with van der Waals surface area (Å²) in [5, 5.41) is 9.46. The van der Waals surface area contributed by atoms with Gasteiger partial charge in [0.2, 0.25) is 5.91 Å². The van der Waals surface area contributed by atoms with E-state index in [0.717, 1.165) is 35.3 Å². The Morgan fingerprint density at radius 1 is 1.03 bits per heavy atom. The number of hydrogen-bond acceptors (Lipinski definition) is 3. The lowest BCUT2D eigenvalue weighted by molar-refractivity contribution is -0.135. The first-order chi connectivity index (χ1) is 14.3. The van der Waals surface area contributed by atoms with E-state index in [-0.39, 0.29) is 19.1 Å². The van der Waals surface area contributed by atoms with Gasteiger partial charge >= 0.3 is 0 Å². The van der Waals surface area contributed by atoms with E-state index in [9.17, 15) is 9.90 Å². The standard InChI is InChI=1S/C24H29N3O2/c28-16-15-23-25-21-13-7-8-14-22(21)27(23)18-24(29)26(20-11-5-2-6-12-20)17-19-9-3-1-4-10-19/h1,3-4,7-10,13-14,20,28H,2,5-6,11-12,15-18H2. The second-order valence-electron chi connectivity index (χ2n) is 7.88. The van der Waals surface area contributed by atoms with Gasteiger partial charge in [-0.1, -0.05) is 61.7 Å². The maximum Gasteiger partial charge on any atom is 0.243 e. The zero-order chi connectivity index (χ0) is 20.1. The number of benzene rings is 2. The Morgan fingerprint density at radius 2 is 1.76 bits per heavy atom. The van der Waals surface area contributed by atoms with E-state index in [1.165, 1.54) is 19.3 Å². The molecule has 2 aromatic carbocycles. The Kier molecular flexibility index (Phi) is 6.25. The molecule has 1 saturated carbocycles. The third-order valence-electron chi connectivity index (χ3n) is 5.89. The number of aliphatic hydroxyl groups is 1. The molecule has 1 heterocycles. The van der Waals surface area contributed by atoms with Crippen LogP contribution in [0.1, 0.15) is 43.5 Å². The fourth-order valence-electron chi connectivity index (χ4n) is 4.41. The van der Waals surface area contributed by atoms with E-state index in [0.29, 0.717) is 19.0 Å². The maximum atomic E-state index is 13.5. The van der Waals surface area contributed by atoms with Gasteiger partial charge in [0.25, 0.3) is 0 Å². The normalized spacial score (nSPS) is 14.9. The first-order valence-corrected chi connectivity index (χ1v) is 10.6. The molecule has 0 radical (unpaired) electrons. The smallest absolute Gasteiger partial charge is 0.243 e. The number of aromatic nitrogens is 2. The molecule has 1 aliphatic rings. The van der Waals surface area contributed by atoms with Crippen LogP contribution >= 0.6 is 0 Å².